The molecule has 0 atom stereocenters. The molecule has 1 aliphatic rings. The van der Waals surface area contributed by atoms with E-state index in [1.54, 1.807) is 11.8 Å². The molecular weight excluding hydrogens is 318 g/mol. The molecule has 1 aromatic carbocycles. The Morgan fingerprint density at radius 3 is 2.86 bits per heavy atom. The number of amidine groups is 1. The average Bonchev–Trinajstić information content (AvgIpc) is 2.97. The van der Waals surface area contributed by atoms with E-state index in [9.17, 15) is 4.79 Å². The number of aromatic nitrogens is 1. The van der Waals surface area contributed by atoms with Crippen LogP contribution in [0.4, 0.5) is 5.69 Å². The molecule has 2 heterocycles. The van der Waals surface area contributed by atoms with Crippen LogP contribution in [0.1, 0.15) is 20.4 Å². The molecule has 7 heteroatoms. The zero-order valence-corrected chi connectivity index (χ0v) is 13.7. The topological polar surface area (TPSA) is 65.8 Å². The number of hydrogen-bond donors (Lipinski definition) is 1. The van der Waals surface area contributed by atoms with Gasteiger partial charge in [0.25, 0.3) is 0 Å². The maximum absolute atomic E-state index is 11.0. The van der Waals surface area contributed by atoms with E-state index in [1.807, 2.05) is 36.6 Å². The van der Waals surface area contributed by atoms with Crippen molar-refractivity contribution in [2.24, 2.45) is 4.99 Å². The van der Waals surface area contributed by atoms with Crippen LogP contribution in [-0.4, -0.2) is 38.9 Å². The third-order valence-corrected chi connectivity index (χ3v) is 5.13. The maximum atomic E-state index is 11.0. The van der Waals surface area contributed by atoms with Crippen LogP contribution >= 0.6 is 23.1 Å². The van der Waals surface area contributed by atoms with E-state index in [4.69, 9.17) is 5.11 Å². The Balaban J connectivity index is 1.83. The summed E-state index contributed by atoms with van der Waals surface area (Å²) in [5.74, 6) is -0.950. The third kappa shape index (κ3) is 3.15. The molecule has 5 nitrogen and oxygen atoms in total. The molecule has 1 aromatic heterocycles. The van der Waals surface area contributed by atoms with E-state index in [2.05, 4.69) is 14.9 Å². The molecule has 0 aliphatic carbocycles. The predicted molar refractivity (Wildman–Crippen MR) is 90.2 cm³/mol. The highest BCUT2D eigenvalue weighted by Gasteiger charge is 2.24. The summed E-state index contributed by atoms with van der Waals surface area (Å²) in [6.07, 6.45) is 2.76. The van der Waals surface area contributed by atoms with Gasteiger partial charge in [0.2, 0.25) is 5.01 Å². The van der Waals surface area contributed by atoms with Crippen LogP contribution in [0.15, 0.2) is 35.3 Å². The van der Waals surface area contributed by atoms with Crippen molar-refractivity contribution in [1.82, 2.24) is 9.88 Å². The highest BCUT2D eigenvalue weighted by molar-refractivity contribution is 8.13. The lowest BCUT2D eigenvalue weighted by Gasteiger charge is -2.28. The Kier molecular flexibility index (Phi) is 4.44. The van der Waals surface area contributed by atoms with Crippen LogP contribution < -0.4 is 0 Å². The van der Waals surface area contributed by atoms with Crippen molar-refractivity contribution in [3.8, 4) is 0 Å². The number of rotatable bonds is 2. The number of hydrogen-bond acceptors (Lipinski definition) is 5. The van der Waals surface area contributed by atoms with Gasteiger partial charge in [-0.2, -0.15) is 0 Å². The summed E-state index contributed by atoms with van der Waals surface area (Å²) in [6.45, 7) is 1.48. The van der Waals surface area contributed by atoms with E-state index >= 15 is 0 Å². The lowest BCUT2D eigenvalue weighted by Crippen LogP contribution is -2.33. The molecule has 2 aromatic rings. The minimum absolute atomic E-state index is 0.178. The molecule has 0 bridgehead atoms. The zero-order valence-electron chi connectivity index (χ0n) is 12.0. The number of para-hydroxylation sites is 1. The van der Waals surface area contributed by atoms with Crippen molar-refractivity contribution in [2.45, 2.75) is 13.0 Å². The summed E-state index contributed by atoms with van der Waals surface area (Å²) in [5, 5.41) is 10.2. The van der Waals surface area contributed by atoms with Crippen LogP contribution in [0.25, 0.3) is 0 Å². The van der Waals surface area contributed by atoms with Crippen LogP contribution in [0.3, 0.4) is 0 Å². The van der Waals surface area contributed by atoms with Gasteiger partial charge in [0.05, 0.1) is 17.9 Å². The molecule has 1 N–H and O–H groups in total. The summed E-state index contributed by atoms with van der Waals surface area (Å²) in [6, 6.07) is 9.85. The van der Waals surface area contributed by atoms with Crippen molar-refractivity contribution in [3.63, 3.8) is 0 Å². The smallest absolute Gasteiger partial charge is 0.365 e. The number of thioether (sulfide) groups is 1. The second-order valence-electron chi connectivity index (χ2n) is 4.80. The fraction of sp³-hybridized carbons (Fsp3) is 0.267. The average molecular weight is 333 g/mol. The Labute approximate surface area is 136 Å². The van der Waals surface area contributed by atoms with Crippen molar-refractivity contribution in [3.05, 3.63) is 45.9 Å². The largest absolute Gasteiger partial charge is 0.476 e. The van der Waals surface area contributed by atoms with Gasteiger partial charge in [0.15, 0.2) is 5.17 Å². The van der Waals surface area contributed by atoms with Gasteiger partial charge >= 0.3 is 5.97 Å². The Bertz CT molecular complexity index is 713. The number of aliphatic imine (C=N–C) groups is 1. The molecule has 0 saturated carbocycles. The van der Waals surface area contributed by atoms with Gasteiger partial charge in [-0.15, -0.1) is 11.3 Å². The normalized spacial score (nSPS) is 14.8. The highest BCUT2D eigenvalue weighted by atomic mass is 32.2. The number of aromatic carboxylic acids is 1. The Hall–Kier alpha value is -1.86. The molecule has 0 fully saturated rings. The molecule has 0 saturated heterocycles. The summed E-state index contributed by atoms with van der Waals surface area (Å²) in [5.41, 5.74) is 1.84. The molecule has 0 spiro atoms. The Morgan fingerprint density at radius 1 is 1.41 bits per heavy atom. The van der Waals surface area contributed by atoms with Gasteiger partial charge in [-0.05, 0) is 18.4 Å². The number of fused-ring (bicyclic) bond motifs is 1. The molecule has 1 aliphatic heterocycles. The summed E-state index contributed by atoms with van der Waals surface area (Å²) in [7, 11) is 0. The van der Waals surface area contributed by atoms with Crippen LogP contribution in [0, 0.1) is 0 Å². The summed E-state index contributed by atoms with van der Waals surface area (Å²) in [4.78, 5) is 23.1. The quantitative estimate of drug-likeness (QED) is 0.675. The van der Waals surface area contributed by atoms with Gasteiger partial charge in [-0.25, -0.2) is 14.8 Å². The van der Waals surface area contributed by atoms with Crippen molar-refractivity contribution < 1.29 is 9.90 Å². The number of nitrogens with zero attached hydrogens (tertiary/aromatic N) is 3. The Morgan fingerprint density at radius 2 is 2.18 bits per heavy atom. The summed E-state index contributed by atoms with van der Waals surface area (Å²) < 4.78 is 0. The first kappa shape index (κ1) is 15.1. The second-order valence-corrected chi connectivity index (χ2v) is 6.66. The number of benzene rings is 1. The lowest BCUT2D eigenvalue weighted by molar-refractivity contribution is 0.0696. The van der Waals surface area contributed by atoms with Crippen molar-refractivity contribution in [1.29, 1.82) is 0 Å². The van der Waals surface area contributed by atoms with Gasteiger partial charge in [-0.1, -0.05) is 30.0 Å². The van der Waals surface area contributed by atoms with E-state index in [-0.39, 0.29) is 5.01 Å². The SMILES string of the molecule is CSC(=Nc1ccccc1)N1CCc2nc(C(=O)O)sc2C1. The standard InChI is InChI=1S/C15H15N3O2S2/c1-21-15(16-10-5-3-2-4-6-10)18-8-7-11-12(9-18)22-13(17-11)14(19)20/h2-6H,7-9H2,1H3,(H,19,20). The van der Waals surface area contributed by atoms with Crippen molar-refractivity contribution in [2.75, 3.05) is 12.8 Å². The fourth-order valence-corrected chi connectivity index (χ4v) is 3.88. The fourth-order valence-electron chi connectivity index (χ4n) is 2.31. The highest BCUT2D eigenvalue weighted by Crippen LogP contribution is 2.27. The molecular formula is C15H15N3O2S2. The van der Waals surface area contributed by atoms with Gasteiger partial charge in [0.1, 0.15) is 0 Å². The lowest BCUT2D eigenvalue weighted by atomic mass is 10.2. The van der Waals surface area contributed by atoms with Gasteiger partial charge in [-0.3, -0.25) is 0 Å². The van der Waals surface area contributed by atoms with Crippen LogP contribution in [0.5, 0.6) is 0 Å². The third-order valence-electron chi connectivity index (χ3n) is 3.35. The first-order valence-corrected chi connectivity index (χ1v) is 8.86. The molecule has 22 heavy (non-hydrogen) atoms. The van der Waals surface area contributed by atoms with Gasteiger partial charge < -0.3 is 10.0 Å². The van der Waals surface area contributed by atoms with E-state index in [0.29, 0.717) is 6.54 Å². The first-order chi connectivity index (χ1) is 10.7. The second kappa shape index (κ2) is 6.50. The monoisotopic (exact) mass is 333 g/mol. The minimum atomic E-state index is -0.950. The molecule has 0 unspecified atom stereocenters. The molecule has 0 radical (unpaired) electrons. The predicted octanol–water partition coefficient (Wildman–Crippen LogP) is 3.25. The summed E-state index contributed by atoms with van der Waals surface area (Å²) >= 11 is 2.87. The van der Waals surface area contributed by atoms with Crippen molar-refractivity contribution >= 4 is 39.9 Å². The molecule has 3 rings (SSSR count). The number of carboxylic acid groups (broad SMARTS) is 1. The van der Waals surface area contributed by atoms with E-state index < -0.39 is 5.97 Å². The first-order valence-electron chi connectivity index (χ1n) is 6.82. The van der Waals surface area contributed by atoms with E-state index in [0.717, 1.165) is 34.4 Å². The number of thiazole rings is 1. The minimum Gasteiger partial charge on any atom is -0.476 e. The van der Waals surface area contributed by atoms with Crippen LogP contribution in [0.2, 0.25) is 0 Å². The molecule has 0 amide bonds. The number of carboxylic acids is 1. The van der Waals surface area contributed by atoms with Crippen LogP contribution in [-0.2, 0) is 13.0 Å². The van der Waals surface area contributed by atoms with Gasteiger partial charge in [0, 0.05) is 17.8 Å². The maximum Gasteiger partial charge on any atom is 0.365 e. The van der Waals surface area contributed by atoms with E-state index in [1.165, 1.54) is 11.3 Å². The molecule has 114 valence electrons. The zero-order chi connectivity index (χ0) is 15.5. The number of carbonyl (C=O) groups is 1.